The summed E-state index contributed by atoms with van der Waals surface area (Å²) in [6, 6.07) is -1.13. The first kappa shape index (κ1) is 25.6. The number of hydrogen-bond donors (Lipinski definition) is 4. The molecule has 0 saturated carbocycles. The zero-order chi connectivity index (χ0) is 25.2. The Bertz CT molecular complexity index is 1130. The van der Waals surface area contributed by atoms with E-state index in [1.165, 1.54) is 39.8 Å². The summed E-state index contributed by atoms with van der Waals surface area (Å²) in [7, 11) is 0. The summed E-state index contributed by atoms with van der Waals surface area (Å²) < 4.78 is 0.665. The van der Waals surface area contributed by atoms with Crippen molar-refractivity contribution in [1.82, 2.24) is 25.4 Å². The summed E-state index contributed by atoms with van der Waals surface area (Å²) in [6.45, 7) is 1.84. The third-order valence-corrected chi connectivity index (χ3v) is 9.58. The van der Waals surface area contributed by atoms with Crippen LogP contribution in [-0.4, -0.2) is 90.8 Å². The second-order valence-corrected chi connectivity index (χ2v) is 12.0. The normalized spacial score (nSPS) is 24.9. The van der Waals surface area contributed by atoms with Crippen LogP contribution in [0.25, 0.3) is 0 Å². The van der Waals surface area contributed by atoms with Crippen LogP contribution in [0.5, 0.6) is 0 Å². The van der Waals surface area contributed by atoms with Crippen LogP contribution < -0.4 is 16.8 Å². The van der Waals surface area contributed by atoms with Gasteiger partial charge in [-0.1, -0.05) is 28.3 Å². The van der Waals surface area contributed by atoms with E-state index in [-0.39, 0.29) is 53.1 Å². The van der Waals surface area contributed by atoms with Crippen molar-refractivity contribution in [2.24, 2.45) is 16.3 Å². The molecule has 13 nitrogen and oxygen atoms in total. The van der Waals surface area contributed by atoms with Crippen LogP contribution in [0.15, 0.2) is 20.4 Å². The number of aliphatic carboxylic acids is 1. The minimum Gasteiger partial charge on any atom is -0.481 e. The first-order valence-electron chi connectivity index (χ1n) is 10.2. The van der Waals surface area contributed by atoms with E-state index in [1.54, 1.807) is 17.8 Å². The van der Waals surface area contributed by atoms with Crippen molar-refractivity contribution >= 4 is 74.8 Å². The molecule has 35 heavy (non-hydrogen) atoms. The van der Waals surface area contributed by atoms with Crippen molar-refractivity contribution in [3.8, 4) is 0 Å². The fraction of sp³-hybridized carbons (Fsp3) is 0.500. The Morgan fingerprint density at radius 3 is 2.91 bits per heavy atom. The molecular formula is C18H22N8O5S4. The van der Waals surface area contributed by atoms with Crippen molar-refractivity contribution in [3.63, 3.8) is 0 Å². The van der Waals surface area contributed by atoms with E-state index in [2.05, 4.69) is 25.7 Å². The minimum atomic E-state index is -1.14. The molecule has 4 heterocycles. The van der Waals surface area contributed by atoms with Crippen LogP contribution in [0.1, 0.15) is 12.6 Å². The Labute approximate surface area is 216 Å². The largest absolute Gasteiger partial charge is 0.481 e. The number of anilines is 1. The van der Waals surface area contributed by atoms with Gasteiger partial charge in [0.15, 0.2) is 15.2 Å². The smallest absolute Gasteiger partial charge is 0.313 e. The van der Waals surface area contributed by atoms with Crippen molar-refractivity contribution in [2.45, 2.75) is 28.7 Å². The zero-order valence-electron chi connectivity index (χ0n) is 18.3. The lowest BCUT2D eigenvalue weighted by atomic mass is 9.89. The number of thioether (sulfide) groups is 2. The van der Waals surface area contributed by atoms with E-state index in [1.807, 2.05) is 0 Å². The Morgan fingerprint density at radius 2 is 2.29 bits per heavy atom. The number of carbonyl (C=O) groups excluding carboxylic acids is 2. The van der Waals surface area contributed by atoms with Gasteiger partial charge < -0.3 is 31.6 Å². The minimum absolute atomic E-state index is 0.0398. The first-order valence-corrected chi connectivity index (χ1v) is 14.0. The fourth-order valence-electron chi connectivity index (χ4n) is 3.36. The molecule has 0 radical (unpaired) electrons. The SMILES string of the molecule is CC(N)CON=C(C(=O)NC1C(=O)N2CC(CSc3nncs3)(C(=O)O)CS[C@H]12)c1csc(N)n1. The number of oxime groups is 1. The number of amides is 2. The third kappa shape index (κ3) is 5.53. The van der Waals surface area contributed by atoms with Crippen molar-refractivity contribution < 1.29 is 24.3 Å². The molecule has 2 amide bonds. The standard InChI is InChI=1S/C18H22N8O5S4/c1-8(19)2-31-25-10(9-3-32-16(20)22-9)12(27)23-11-13(28)26-4-18(15(29)30,5-33-14(11)26)6-34-17-24-21-7-35-17/h3,7-8,11,14H,2,4-6,19H2,1H3,(H2,20,22)(H,23,27)(H,29,30)/t8?,11?,14-,18?/m1/s1. The van der Waals surface area contributed by atoms with E-state index in [0.717, 1.165) is 11.3 Å². The van der Waals surface area contributed by atoms with Crippen molar-refractivity contribution in [1.29, 1.82) is 0 Å². The van der Waals surface area contributed by atoms with Crippen molar-refractivity contribution in [2.75, 3.05) is 30.4 Å². The molecule has 4 rings (SSSR count). The third-order valence-electron chi connectivity index (χ3n) is 5.17. The number of thiazole rings is 1. The fourth-order valence-corrected chi connectivity index (χ4v) is 7.26. The molecule has 2 aliphatic rings. The van der Waals surface area contributed by atoms with E-state index in [0.29, 0.717) is 4.34 Å². The van der Waals surface area contributed by atoms with Gasteiger partial charge in [0.05, 0.1) is 0 Å². The van der Waals surface area contributed by atoms with E-state index < -0.39 is 28.7 Å². The molecule has 3 unspecified atom stereocenters. The van der Waals surface area contributed by atoms with Crippen LogP contribution in [0.2, 0.25) is 0 Å². The van der Waals surface area contributed by atoms with Gasteiger partial charge in [0.1, 0.15) is 34.6 Å². The van der Waals surface area contributed by atoms with Crippen LogP contribution in [0.4, 0.5) is 5.13 Å². The number of hydrogen-bond acceptors (Lipinski definition) is 14. The summed E-state index contributed by atoms with van der Waals surface area (Å²) in [6.07, 6.45) is 0. The summed E-state index contributed by atoms with van der Waals surface area (Å²) in [5, 5.41) is 25.6. The van der Waals surface area contributed by atoms with Crippen LogP contribution in [0.3, 0.4) is 0 Å². The number of carboxylic acids is 1. The highest BCUT2D eigenvalue weighted by atomic mass is 32.2. The van der Waals surface area contributed by atoms with Gasteiger partial charge in [0.25, 0.3) is 5.91 Å². The number of nitrogen functional groups attached to an aromatic ring is 1. The number of fused-ring (bicyclic) bond motifs is 1. The highest BCUT2D eigenvalue weighted by Gasteiger charge is 2.57. The molecule has 0 spiro atoms. The Hall–Kier alpha value is -2.47. The van der Waals surface area contributed by atoms with Gasteiger partial charge in [0.2, 0.25) is 5.91 Å². The van der Waals surface area contributed by atoms with Gasteiger partial charge in [-0.3, -0.25) is 14.4 Å². The Kier molecular flexibility index (Phi) is 7.80. The molecule has 2 fully saturated rings. The Morgan fingerprint density at radius 1 is 1.49 bits per heavy atom. The summed E-state index contributed by atoms with van der Waals surface area (Å²) >= 11 is 5.08. The summed E-state index contributed by atoms with van der Waals surface area (Å²) in [5.74, 6) is -1.48. The second-order valence-electron chi connectivity index (χ2n) is 7.98. The molecule has 17 heteroatoms. The molecule has 4 atom stereocenters. The molecule has 2 aromatic rings. The molecule has 2 aromatic heterocycles. The van der Waals surface area contributed by atoms with Gasteiger partial charge in [0, 0.05) is 29.5 Å². The number of rotatable bonds is 10. The number of carboxylic acid groups (broad SMARTS) is 1. The maximum absolute atomic E-state index is 13.0. The average Bonchev–Trinajstić information content (AvgIpc) is 3.50. The molecule has 188 valence electrons. The molecule has 0 aromatic carbocycles. The number of aromatic nitrogens is 3. The maximum atomic E-state index is 13.0. The molecule has 0 bridgehead atoms. The van der Waals surface area contributed by atoms with Gasteiger partial charge in [-0.25, -0.2) is 4.98 Å². The number of nitrogens with one attached hydrogen (secondary N) is 1. The topological polar surface area (TPSA) is 199 Å². The van der Waals surface area contributed by atoms with Gasteiger partial charge >= 0.3 is 5.97 Å². The quantitative estimate of drug-likeness (QED) is 0.131. The summed E-state index contributed by atoms with van der Waals surface area (Å²) in [4.78, 5) is 48.8. The van der Waals surface area contributed by atoms with Crippen molar-refractivity contribution in [3.05, 3.63) is 16.6 Å². The lowest BCUT2D eigenvalue weighted by Crippen LogP contribution is -2.74. The molecule has 0 aliphatic carbocycles. The van der Waals surface area contributed by atoms with Gasteiger partial charge in [-0.2, -0.15) is 0 Å². The molecule has 2 saturated heterocycles. The lowest BCUT2D eigenvalue weighted by Gasteiger charge is -2.53. The lowest BCUT2D eigenvalue weighted by molar-refractivity contribution is -0.157. The van der Waals surface area contributed by atoms with Gasteiger partial charge in [-0.05, 0) is 6.92 Å². The highest BCUT2D eigenvalue weighted by Crippen LogP contribution is 2.44. The average molecular weight is 559 g/mol. The second kappa shape index (κ2) is 10.7. The summed E-state index contributed by atoms with van der Waals surface area (Å²) in [5.41, 5.74) is 11.9. The van der Waals surface area contributed by atoms with E-state index >= 15 is 0 Å². The maximum Gasteiger partial charge on any atom is 0.313 e. The van der Waals surface area contributed by atoms with E-state index in [4.69, 9.17) is 16.3 Å². The molecular weight excluding hydrogens is 537 g/mol. The number of nitrogens with zero attached hydrogens (tertiary/aromatic N) is 5. The first-order chi connectivity index (χ1) is 16.7. The number of carbonyl (C=O) groups is 3. The monoisotopic (exact) mass is 558 g/mol. The molecule has 6 N–H and O–H groups in total. The molecule has 2 aliphatic heterocycles. The predicted molar refractivity (Wildman–Crippen MR) is 133 cm³/mol. The van der Waals surface area contributed by atoms with Crippen LogP contribution >= 0.6 is 46.2 Å². The highest BCUT2D eigenvalue weighted by molar-refractivity contribution is 8.01. The number of nitrogens with two attached hydrogens (primary N) is 2. The Balaban J connectivity index is 1.43. The van der Waals surface area contributed by atoms with Crippen LogP contribution in [0, 0.1) is 5.41 Å². The van der Waals surface area contributed by atoms with Crippen LogP contribution in [-0.2, 0) is 19.2 Å². The zero-order valence-corrected chi connectivity index (χ0v) is 21.6. The van der Waals surface area contributed by atoms with Gasteiger partial charge in [-0.15, -0.1) is 33.3 Å². The van der Waals surface area contributed by atoms with E-state index in [9.17, 15) is 19.5 Å². The number of β-lactam (4-membered cyclic amide) rings is 1. The predicted octanol–water partition coefficient (Wildman–Crippen LogP) is -0.0921.